The van der Waals surface area contributed by atoms with Gasteiger partial charge in [-0.2, -0.15) is 0 Å². The molecular formula is C19H22N4O2S3. The highest BCUT2D eigenvalue weighted by molar-refractivity contribution is 7.99. The zero-order valence-corrected chi connectivity index (χ0v) is 18.5. The fourth-order valence-electron chi connectivity index (χ4n) is 3.18. The number of carbonyl (C=O) groups is 1. The number of carbonyl (C=O) groups excluding carboxylic acids is 1. The van der Waals surface area contributed by atoms with Crippen LogP contribution in [-0.4, -0.2) is 26.6 Å². The van der Waals surface area contributed by atoms with Crippen molar-refractivity contribution in [3.8, 4) is 0 Å². The van der Waals surface area contributed by atoms with Gasteiger partial charge in [-0.15, -0.1) is 22.7 Å². The number of fused-ring (bicyclic) bond motifs is 3. The smallest absolute Gasteiger partial charge is 0.260 e. The molecular weight excluding hydrogens is 412 g/mol. The number of hydrogen-bond acceptors (Lipinski definition) is 7. The third kappa shape index (κ3) is 4.01. The van der Waals surface area contributed by atoms with Gasteiger partial charge in [0.1, 0.15) is 4.83 Å². The standard InChI is InChI=1S/C19H22N4O2S3/c1-19(2,3)12-8-26-17(20-12)21-13(24)9-27-18-22-15(25)14-10-6-4-5-7-11(10)28-16(14)23-18/h8H,4-7,9H2,1-3H3,(H,20,21,24)(H,22,23,25). The first-order valence-corrected chi connectivity index (χ1v) is 11.9. The molecule has 148 valence electrons. The van der Waals surface area contributed by atoms with Gasteiger partial charge in [0.2, 0.25) is 5.91 Å². The van der Waals surface area contributed by atoms with E-state index in [9.17, 15) is 9.59 Å². The molecule has 0 fully saturated rings. The summed E-state index contributed by atoms with van der Waals surface area (Å²) >= 11 is 4.28. The van der Waals surface area contributed by atoms with Crippen LogP contribution in [0.5, 0.6) is 0 Å². The number of thiazole rings is 1. The van der Waals surface area contributed by atoms with Crippen LogP contribution in [0.4, 0.5) is 5.13 Å². The number of aromatic nitrogens is 3. The van der Waals surface area contributed by atoms with Crippen molar-refractivity contribution in [2.24, 2.45) is 0 Å². The zero-order chi connectivity index (χ0) is 19.9. The summed E-state index contributed by atoms with van der Waals surface area (Å²) in [6, 6.07) is 0. The molecule has 0 aliphatic heterocycles. The van der Waals surface area contributed by atoms with Crippen LogP contribution < -0.4 is 10.9 Å². The molecule has 3 aromatic rings. The number of rotatable bonds is 4. The van der Waals surface area contributed by atoms with Crippen LogP contribution >= 0.6 is 34.4 Å². The Labute approximate surface area is 175 Å². The third-order valence-corrected chi connectivity index (χ3v) is 7.48. The van der Waals surface area contributed by atoms with Crippen molar-refractivity contribution in [1.82, 2.24) is 15.0 Å². The summed E-state index contributed by atoms with van der Waals surface area (Å²) in [7, 11) is 0. The number of anilines is 1. The van der Waals surface area contributed by atoms with Crippen LogP contribution in [0.15, 0.2) is 15.3 Å². The number of thiophene rings is 1. The summed E-state index contributed by atoms with van der Waals surface area (Å²) in [5, 5.41) is 6.62. The summed E-state index contributed by atoms with van der Waals surface area (Å²) in [5.41, 5.74) is 1.99. The van der Waals surface area contributed by atoms with Crippen LogP contribution in [0.1, 0.15) is 49.7 Å². The Morgan fingerprint density at radius 1 is 1.29 bits per heavy atom. The van der Waals surface area contributed by atoms with Crippen LogP contribution in [0.3, 0.4) is 0 Å². The topological polar surface area (TPSA) is 87.7 Å². The second-order valence-electron chi connectivity index (χ2n) is 7.89. The maximum atomic E-state index is 12.6. The molecule has 0 unspecified atom stereocenters. The molecule has 28 heavy (non-hydrogen) atoms. The van der Waals surface area contributed by atoms with E-state index in [2.05, 4.69) is 41.0 Å². The third-order valence-electron chi connectivity index (χ3n) is 4.66. The van der Waals surface area contributed by atoms with Gasteiger partial charge in [-0.05, 0) is 31.2 Å². The number of nitrogens with one attached hydrogen (secondary N) is 2. The Morgan fingerprint density at radius 2 is 2.07 bits per heavy atom. The van der Waals surface area contributed by atoms with E-state index in [-0.39, 0.29) is 22.6 Å². The number of thioether (sulfide) groups is 1. The van der Waals surface area contributed by atoms with Crippen molar-refractivity contribution in [2.45, 2.75) is 57.0 Å². The van der Waals surface area contributed by atoms with Crippen molar-refractivity contribution in [2.75, 3.05) is 11.1 Å². The molecule has 4 rings (SSSR count). The van der Waals surface area contributed by atoms with Crippen LogP contribution in [0.25, 0.3) is 10.2 Å². The first-order valence-electron chi connectivity index (χ1n) is 9.24. The van der Waals surface area contributed by atoms with Crippen molar-refractivity contribution in [1.29, 1.82) is 0 Å². The summed E-state index contributed by atoms with van der Waals surface area (Å²) in [6.45, 7) is 6.26. The van der Waals surface area contributed by atoms with Crippen molar-refractivity contribution in [3.05, 3.63) is 31.9 Å². The van der Waals surface area contributed by atoms with Crippen LogP contribution in [0, 0.1) is 0 Å². The largest absolute Gasteiger partial charge is 0.301 e. The fraction of sp³-hybridized carbons (Fsp3) is 0.474. The molecule has 3 heterocycles. The highest BCUT2D eigenvalue weighted by Crippen LogP contribution is 2.34. The molecule has 6 nitrogen and oxygen atoms in total. The highest BCUT2D eigenvalue weighted by atomic mass is 32.2. The lowest BCUT2D eigenvalue weighted by atomic mass is 9.93. The van der Waals surface area contributed by atoms with Gasteiger partial charge in [-0.25, -0.2) is 9.97 Å². The van der Waals surface area contributed by atoms with Gasteiger partial charge in [0, 0.05) is 15.7 Å². The highest BCUT2D eigenvalue weighted by Gasteiger charge is 2.21. The lowest BCUT2D eigenvalue weighted by Gasteiger charge is -2.14. The molecule has 9 heteroatoms. The minimum absolute atomic E-state index is 0.0487. The van der Waals surface area contributed by atoms with Crippen molar-refractivity contribution < 1.29 is 4.79 Å². The Kier molecular flexibility index (Phi) is 5.32. The predicted octanol–water partition coefficient (Wildman–Crippen LogP) is 4.35. The van der Waals surface area contributed by atoms with Gasteiger partial charge < -0.3 is 10.3 Å². The molecule has 1 aliphatic rings. The molecule has 0 saturated carbocycles. The van der Waals surface area contributed by atoms with E-state index in [1.807, 2.05) is 5.38 Å². The normalized spacial score (nSPS) is 14.2. The fourth-order valence-corrected chi connectivity index (χ4v) is 6.11. The Morgan fingerprint density at radius 3 is 2.82 bits per heavy atom. The van der Waals surface area contributed by atoms with Gasteiger partial charge in [0.15, 0.2) is 10.3 Å². The van der Waals surface area contributed by atoms with Gasteiger partial charge >= 0.3 is 0 Å². The quantitative estimate of drug-likeness (QED) is 0.471. The Hall–Kier alpha value is -1.71. The van der Waals surface area contributed by atoms with E-state index >= 15 is 0 Å². The Bertz CT molecular complexity index is 1090. The summed E-state index contributed by atoms with van der Waals surface area (Å²) < 4.78 is 0. The van der Waals surface area contributed by atoms with E-state index < -0.39 is 0 Å². The maximum absolute atomic E-state index is 12.6. The molecule has 1 aliphatic carbocycles. The average molecular weight is 435 g/mol. The predicted molar refractivity (Wildman–Crippen MR) is 117 cm³/mol. The molecule has 0 bridgehead atoms. The minimum Gasteiger partial charge on any atom is -0.301 e. The first kappa shape index (κ1) is 19.6. The van der Waals surface area contributed by atoms with Gasteiger partial charge in [-0.1, -0.05) is 32.5 Å². The summed E-state index contributed by atoms with van der Waals surface area (Å²) in [5.74, 6) is 0.0114. The minimum atomic E-state index is -0.159. The van der Waals surface area contributed by atoms with Crippen LogP contribution in [0.2, 0.25) is 0 Å². The Balaban J connectivity index is 1.44. The number of nitrogens with zero attached hydrogens (tertiary/aromatic N) is 2. The number of amides is 1. The van der Waals surface area contributed by atoms with Gasteiger partial charge in [0.25, 0.3) is 5.56 Å². The number of hydrogen-bond donors (Lipinski definition) is 2. The second kappa shape index (κ2) is 7.61. The van der Waals surface area contributed by atoms with E-state index in [1.165, 1.54) is 40.0 Å². The van der Waals surface area contributed by atoms with E-state index in [1.54, 1.807) is 11.3 Å². The number of aromatic amines is 1. The zero-order valence-electron chi connectivity index (χ0n) is 16.0. The monoisotopic (exact) mass is 434 g/mol. The molecule has 0 atom stereocenters. The van der Waals surface area contributed by atoms with Crippen LogP contribution in [-0.2, 0) is 23.1 Å². The van der Waals surface area contributed by atoms with Crippen molar-refractivity contribution >= 4 is 55.7 Å². The molecule has 2 N–H and O–H groups in total. The molecule has 0 aromatic carbocycles. The lowest BCUT2D eigenvalue weighted by Crippen LogP contribution is -2.16. The SMILES string of the molecule is CC(C)(C)c1csc(NC(=O)CSc2nc3sc4c(c3c(=O)[nH]2)CCCC4)n1. The number of aryl methyl sites for hydroxylation is 2. The van der Waals surface area contributed by atoms with E-state index in [0.29, 0.717) is 10.3 Å². The molecule has 0 spiro atoms. The lowest BCUT2D eigenvalue weighted by molar-refractivity contribution is -0.113. The van der Waals surface area contributed by atoms with Gasteiger partial charge in [0.05, 0.1) is 16.8 Å². The molecule has 3 aromatic heterocycles. The second-order valence-corrected chi connectivity index (χ2v) is 10.8. The first-order chi connectivity index (χ1) is 13.3. The van der Waals surface area contributed by atoms with Crippen molar-refractivity contribution in [3.63, 3.8) is 0 Å². The molecule has 0 saturated heterocycles. The van der Waals surface area contributed by atoms with E-state index in [0.717, 1.165) is 35.2 Å². The van der Waals surface area contributed by atoms with Gasteiger partial charge in [-0.3, -0.25) is 9.59 Å². The van der Waals surface area contributed by atoms with E-state index in [4.69, 9.17) is 0 Å². The average Bonchev–Trinajstić information content (AvgIpc) is 3.24. The number of H-pyrrole nitrogens is 1. The summed E-state index contributed by atoms with van der Waals surface area (Å²) in [6.07, 6.45) is 4.29. The molecule has 0 radical (unpaired) electrons. The molecule has 1 amide bonds. The summed E-state index contributed by atoms with van der Waals surface area (Å²) in [4.78, 5) is 38.8. The maximum Gasteiger partial charge on any atom is 0.260 e.